The van der Waals surface area contributed by atoms with Gasteiger partial charge in [0.15, 0.2) is 6.10 Å². The molecule has 2 atom stereocenters. The summed E-state index contributed by atoms with van der Waals surface area (Å²) in [5.41, 5.74) is 2.07. The van der Waals surface area contributed by atoms with Crippen LogP contribution in [0.25, 0.3) is 0 Å². The minimum absolute atomic E-state index is 0.0134. The van der Waals surface area contributed by atoms with Crippen LogP contribution in [0.3, 0.4) is 0 Å². The predicted molar refractivity (Wildman–Crippen MR) is 111 cm³/mol. The summed E-state index contributed by atoms with van der Waals surface area (Å²) in [6.45, 7) is 3.63. The van der Waals surface area contributed by atoms with Crippen molar-refractivity contribution in [2.45, 2.75) is 26.4 Å². The summed E-state index contributed by atoms with van der Waals surface area (Å²) in [5, 5.41) is 0. The Kier molecular flexibility index (Phi) is 6.40. The molecule has 1 aliphatic rings. The van der Waals surface area contributed by atoms with E-state index in [0.29, 0.717) is 22.7 Å². The van der Waals surface area contributed by atoms with E-state index in [4.69, 9.17) is 14.2 Å². The molecule has 0 saturated carbocycles. The Morgan fingerprint density at radius 1 is 1.07 bits per heavy atom. The van der Waals surface area contributed by atoms with Crippen LogP contribution >= 0.6 is 0 Å². The highest BCUT2D eigenvalue weighted by Crippen LogP contribution is 2.36. The fourth-order valence-electron chi connectivity index (χ4n) is 3.38. The number of rotatable bonds is 7. The first-order chi connectivity index (χ1) is 14.3. The molecule has 1 saturated heterocycles. The van der Waals surface area contributed by atoms with Gasteiger partial charge in [-0.2, -0.15) is 0 Å². The van der Waals surface area contributed by atoms with Crippen LogP contribution in [0.4, 0.5) is 5.69 Å². The van der Waals surface area contributed by atoms with Crippen molar-refractivity contribution in [1.82, 2.24) is 0 Å². The molecule has 2 aromatic carbocycles. The lowest BCUT2D eigenvalue weighted by Crippen LogP contribution is -2.30. The Labute approximate surface area is 175 Å². The minimum Gasteiger partial charge on any atom is -0.497 e. The molecule has 0 spiro atoms. The van der Waals surface area contributed by atoms with E-state index in [2.05, 4.69) is 0 Å². The van der Waals surface area contributed by atoms with Gasteiger partial charge in [0.1, 0.15) is 11.5 Å². The Hall–Kier alpha value is -3.35. The standard InChI is InChI=1S/C23H25NO6/c1-14-5-7-16(8-6-14)22(26)15(2)30-23(27)17-11-21(25)24(13-17)19-10-9-18(28-3)12-20(19)29-4/h5-10,12,15,17H,11,13H2,1-4H3/t15-,17+/m0/s1. The second kappa shape index (κ2) is 8.98. The Bertz CT molecular complexity index is 953. The molecule has 0 radical (unpaired) electrons. The highest BCUT2D eigenvalue weighted by Gasteiger charge is 2.38. The fourth-order valence-corrected chi connectivity index (χ4v) is 3.38. The Morgan fingerprint density at radius 2 is 1.77 bits per heavy atom. The zero-order valence-electron chi connectivity index (χ0n) is 17.5. The average molecular weight is 411 g/mol. The molecule has 0 aromatic heterocycles. The second-order valence-electron chi connectivity index (χ2n) is 7.25. The molecule has 2 aromatic rings. The molecule has 1 heterocycles. The third-order valence-electron chi connectivity index (χ3n) is 5.13. The summed E-state index contributed by atoms with van der Waals surface area (Å²) in [6.07, 6.45) is -0.917. The van der Waals surface area contributed by atoms with Crippen LogP contribution in [-0.2, 0) is 14.3 Å². The lowest BCUT2D eigenvalue weighted by atomic mass is 10.1. The van der Waals surface area contributed by atoms with Crippen LogP contribution in [0.5, 0.6) is 11.5 Å². The maximum atomic E-state index is 12.6. The lowest BCUT2D eigenvalue weighted by molar-refractivity contribution is -0.151. The largest absolute Gasteiger partial charge is 0.497 e. The van der Waals surface area contributed by atoms with E-state index in [1.54, 1.807) is 44.4 Å². The van der Waals surface area contributed by atoms with E-state index in [1.165, 1.54) is 12.0 Å². The van der Waals surface area contributed by atoms with Gasteiger partial charge < -0.3 is 19.1 Å². The molecule has 0 aliphatic carbocycles. The molecule has 158 valence electrons. The highest BCUT2D eigenvalue weighted by atomic mass is 16.5. The van der Waals surface area contributed by atoms with Crippen LogP contribution in [0.15, 0.2) is 42.5 Å². The van der Waals surface area contributed by atoms with Gasteiger partial charge in [0, 0.05) is 24.6 Å². The number of carbonyl (C=O) groups excluding carboxylic acids is 3. The van der Waals surface area contributed by atoms with Gasteiger partial charge in [-0.25, -0.2) is 0 Å². The summed E-state index contributed by atoms with van der Waals surface area (Å²) in [4.78, 5) is 39.2. The van der Waals surface area contributed by atoms with E-state index in [1.807, 2.05) is 19.1 Å². The monoisotopic (exact) mass is 411 g/mol. The van der Waals surface area contributed by atoms with Gasteiger partial charge in [0.2, 0.25) is 11.7 Å². The Balaban J connectivity index is 1.68. The minimum atomic E-state index is -0.931. The molecule has 0 bridgehead atoms. The lowest BCUT2D eigenvalue weighted by Gasteiger charge is -2.20. The molecule has 30 heavy (non-hydrogen) atoms. The van der Waals surface area contributed by atoms with Gasteiger partial charge in [0.25, 0.3) is 0 Å². The van der Waals surface area contributed by atoms with Crippen molar-refractivity contribution in [1.29, 1.82) is 0 Å². The van der Waals surface area contributed by atoms with Gasteiger partial charge in [-0.05, 0) is 26.0 Å². The maximum absolute atomic E-state index is 12.6. The van der Waals surface area contributed by atoms with Gasteiger partial charge in [-0.3, -0.25) is 14.4 Å². The SMILES string of the molecule is COc1ccc(N2C[C@H](C(=O)O[C@@H](C)C(=O)c3ccc(C)cc3)CC2=O)c(OC)c1. The molecular formula is C23H25NO6. The van der Waals surface area contributed by atoms with Crippen LogP contribution in [-0.4, -0.2) is 44.5 Å². The number of esters is 1. The van der Waals surface area contributed by atoms with E-state index < -0.39 is 18.0 Å². The Morgan fingerprint density at radius 3 is 2.40 bits per heavy atom. The topological polar surface area (TPSA) is 82.1 Å². The summed E-state index contributed by atoms with van der Waals surface area (Å²) >= 11 is 0. The van der Waals surface area contributed by atoms with E-state index in [0.717, 1.165) is 5.56 Å². The molecule has 1 fully saturated rings. The van der Waals surface area contributed by atoms with E-state index in [9.17, 15) is 14.4 Å². The molecule has 0 unspecified atom stereocenters. The number of aryl methyl sites for hydroxylation is 1. The van der Waals surface area contributed by atoms with E-state index in [-0.39, 0.29) is 24.7 Å². The van der Waals surface area contributed by atoms with Gasteiger partial charge in [-0.15, -0.1) is 0 Å². The van der Waals surface area contributed by atoms with Crippen molar-refractivity contribution in [3.05, 3.63) is 53.6 Å². The summed E-state index contributed by atoms with van der Waals surface area (Å²) in [6, 6.07) is 12.2. The van der Waals surface area contributed by atoms with E-state index >= 15 is 0 Å². The quantitative estimate of drug-likeness (QED) is 0.514. The number of nitrogens with zero attached hydrogens (tertiary/aromatic N) is 1. The predicted octanol–water partition coefficient (Wildman–Crippen LogP) is 3.18. The molecule has 0 N–H and O–H groups in total. The number of Topliss-reactive ketones (excluding diaryl/α,β-unsaturated/α-hetero) is 1. The van der Waals surface area contributed by atoms with Crippen LogP contribution in [0.2, 0.25) is 0 Å². The van der Waals surface area contributed by atoms with Gasteiger partial charge in [-0.1, -0.05) is 29.8 Å². The van der Waals surface area contributed by atoms with Crippen molar-refractivity contribution in [2.75, 3.05) is 25.7 Å². The number of anilines is 1. The second-order valence-corrected chi connectivity index (χ2v) is 7.25. The first-order valence-electron chi connectivity index (χ1n) is 9.67. The molecule has 7 heteroatoms. The number of amides is 1. The van der Waals surface area contributed by atoms with Crippen LogP contribution in [0, 0.1) is 12.8 Å². The van der Waals surface area contributed by atoms with Crippen LogP contribution < -0.4 is 14.4 Å². The van der Waals surface area contributed by atoms with Crippen molar-refractivity contribution >= 4 is 23.3 Å². The highest BCUT2D eigenvalue weighted by molar-refractivity contribution is 6.02. The number of ether oxygens (including phenoxy) is 3. The third kappa shape index (κ3) is 4.45. The maximum Gasteiger partial charge on any atom is 0.312 e. The average Bonchev–Trinajstić information content (AvgIpc) is 3.14. The molecular weight excluding hydrogens is 386 g/mol. The number of benzene rings is 2. The number of methoxy groups -OCH3 is 2. The normalized spacial score (nSPS) is 16.9. The first-order valence-corrected chi connectivity index (χ1v) is 9.67. The van der Waals surface area contributed by atoms with Crippen molar-refractivity contribution in [3.63, 3.8) is 0 Å². The zero-order chi connectivity index (χ0) is 21.8. The molecule has 1 aliphatic heterocycles. The summed E-state index contributed by atoms with van der Waals surface area (Å²) < 4.78 is 15.9. The summed E-state index contributed by atoms with van der Waals surface area (Å²) in [7, 11) is 3.05. The fraction of sp³-hybridized carbons (Fsp3) is 0.348. The number of hydrogen-bond acceptors (Lipinski definition) is 6. The number of hydrogen-bond donors (Lipinski definition) is 0. The number of carbonyl (C=O) groups is 3. The first kappa shape index (κ1) is 21.4. The van der Waals surface area contributed by atoms with Crippen LogP contribution in [0.1, 0.15) is 29.3 Å². The van der Waals surface area contributed by atoms with Crippen molar-refractivity contribution in [2.24, 2.45) is 5.92 Å². The third-order valence-corrected chi connectivity index (χ3v) is 5.13. The van der Waals surface area contributed by atoms with Gasteiger partial charge in [0.05, 0.1) is 25.8 Å². The molecule has 3 rings (SSSR count). The van der Waals surface area contributed by atoms with Crippen molar-refractivity contribution < 1.29 is 28.6 Å². The smallest absolute Gasteiger partial charge is 0.312 e. The molecule has 1 amide bonds. The number of ketones is 1. The van der Waals surface area contributed by atoms with Gasteiger partial charge >= 0.3 is 5.97 Å². The summed E-state index contributed by atoms with van der Waals surface area (Å²) in [5.74, 6) is -0.635. The van der Waals surface area contributed by atoms with Crippen molar-refractivity contribution in [3.8, 4) is 11.5 Å². The zero-order valence-corrected chi connectivity index (χ0v) is 17.5. The molecule has 7 nitrogen and oxygen atoms in total.